The molecule has 2 amide bonds. The van der Waals surface area contributed by atoms with Gasteiger partial charge in [-0.25, -0.2) is 9.59 Å². The fourth-order valence-corrected chi connectivity index (χ4v) is 3.55. The van der Waals surface area contributed by atoms with E-state index < -0.39 is 73.1 Å². The molecule has 5 unspecified atom stereocenters. The van der Waals surface area contributed by atoms with Gasteiger partial charge in [0.2, 0.25) is 0 Å². The zero-order chi connectivity index (χ0) is 28.4. The fraction of sp³-hybridized carbons (Fsp3) is 0.500. The number of urea groups is 1. The van der Waals surface area contributed by atoms with Crippen LogP contribution in [0.4, 0.5) is 10.5 Å². The van der Waals surface area contributed by atoms with Crippen LogP contribution in [0.25, 0.3) is 0 Å². The molecule has 14 heteroatoms. The van der Waals surface area contributed by atoms with E-state index in [-0.39, 0.29) is 12.2 Å². The fourth-order valence-electron chi connectivity index (χ4n) is 3.55. The van der Waals surface area contributed by atoms with Gasteiger partial charge in [0.25, 0.3) is 0 Å². The summed E-state index contributed by atoms with van der Waals surface area (Å²) in [4.78, 5) is 71.5. The number of carbonyl (C=O) groups excluding carboxylic acids is 6. The predicted octanol–water partition coefficient (Wildman–Crippen LogP) is 1.07. The van der Waals surface area contributed by atoms with Crippen LogP contribution in [-0.2, 0) is 47.6 Å². The van der Waals surface area contributed by atoms with Crippen molar-refractivity contribution in [3.05, 3.63) is 29.8 Å². The van der Waals surface area contributed by atoms with Gasteiger partial charge in [0.05, 0.1) is 12.2 Å². The van der Waals surface area contributed by atoms with E-state index in [4.69, 9.17) is 28.4 Å². The van der Waals surface area contributed by atoms with Gasteiger partial charge in [-0.1, -0.05) is 0 Å². The van der Waals surface area contributed by atoms with E-state index in [1.54, 1.807) is 6.92 Å². The first-order valence-corrected chi connectivity index (χ1v) is 11.6. The van der Waals surface area contributed by atoms with Crippen molar-refractivity contribution in [3.8, 4) is 0 Å². The van der Waals surface area contributed by atoms with Crippen LogP contribution < -0.4 is 10.6 Å². The maximum atomic E-state index is 12.8. The molecule has 0 aliphatic carbocycles. The average molecular weight is 539 g/mol. The highest BCUT2D eigenvalue weighted by Gasteiger charge is 2.52. The molecular weight excluding hydrogens is 508 g/mol. The van der Waals surface area contributed by atoms with Crippen molar-refractivity contribution >= 4 is 41.6 Å². The van der Waals surface area contributed by atoms with Gasteiger partial charge in [0.1, 0.15) is 12.7 Å². The second kappa shape index (κ2) is 13.9. The summed E-state index contributed by atoms with van der Waals surface area (Å²) in [6.45, 7) is 5.85. The second-order valence-corrected chi connectivity index (χ2v) is 8.02. The summed E-state index contributed by atoms with van der Waals surface area (Å²) in [6.07, 6.45) is -6.88. The van der Waals surface area contributed by atoms with Crippen molar-refractivity contribution < 1.29 is 57.2 Å². The molecule has 1 aromatic rings. The van der Waals surface area contributed by atoms with Crippen molar-refractivity contribution in [3.63, 3.8) is 0 Å². The number of nitrogens with one attached hydrogen (secondary N) is 2. The van der Waals surface area contributed by atoms with Gasteiger partial charge in [-0.05, 0) is 31.2 Å². The maximum absolute atomic E-state index is 12.8. The van der Waals surface area contributed by atoms with Crippen LogP contribution in [0.1, 0.15) is 45.0 Å². The van der Waals surface area contributed by atoms with Crippen molar-refractivity contribution in [1.29, 1.82) is 0 Å². The van der Waals surface area contributed by atoms with Crippen molar-refractivity contribution in [2.24, 2.45) is 0 Å². The van der Waals surface area contributed by atoms with Crippen LogP contribution in [0.3, 0.4) is 0 Å². The molecule has 1 aliphatic rings. The molecule has 2 N–H and O–H groups in total. The quantitative estimate of drug-likeness (QED) is 0.337. The summed E-state index contributed by atoms with van der Waals surface area (Å²) in [6, 6.07) is 4.98. The highest BCUT2D eigenvalue weighted by molar-refractivity contribution is 5.92. The average Bonchev–Trinajstić information content (AvgIpc) is 2.81. The van der Waals surface area contributed by atoms with Gasteiger partial charge in [-0.3, -0.25) is 19.2 Å². The SMILES string of the molecule is CCOC(=O)c1ccc(NC(=O)NC2OC(COC(C)=O)C(OC(C)=O)C(OC(C)=O)C2OC(C)=O)cc1. The Morgan fingerprint density at radius 2 is 1.32 bits per heavy atom. The highest BCUT2D eigenvalue weighted by Crippen LogP contribution is 2.28. The van der Waals surface area contributed by atoms with Crippen LogP contribution in [0.2, 0.25) is 0 Å². The third kappa shape index (κ3) is 9.03. The summed E-state index contributed by atoms with van der Waals surface area (Å²) in [5.41, 5.74) is 0.568. The Morgan fingerprint density at radius 3 is 1.84 bits per heavy atom. The molecule has 1 fully saturated rings. The summed E-state index contributed by atoms with van der Waals surface area (Å²) in [5.74, 6) is -3.59. The van der Waals surface area contributed by atoms with Crippen LogP contribution >= 0.6 is 0 Å². The van der Waals surface area contributed by atoms with E-state index in [2.05, 4.69) is 10.6 Å². The Kier molecular flexibility index (Phi) is 11.0. The topological polar surface area (TPSA) is 182 Å². The van der Waals surface area contributed by atoms with E-state index in [0.717, 1.165) is 27.7 Å². The Hall–Kier alpha value is -4.20. The number of amides is 2. The Bertz CT molecular complexity index is 1040. The van der Waals surface area contributed by atoms with E-state index in [0.29, 0.717) is 5.69 Å². The molecule has 2 rings (SSSR count). The number of benzene rings is 1. The van der Waals surface area contributed by atoms with Gasteiger partial charge in [-0.2, -0.15) is 0 Å². The highest BCUT2D eigenvalue weighted by atomic mass is 16.7. The van der Waals surface area contributed by atoms with E-state index >= 15 is 0 Å². The lowest BCUT2D eigenvalue weighted by Gasteiger charge is -2.44. The van der Waals surface area contributed by atoms with E-state index in [1.807, 2.05) is 0 Å². The molecule has 208 valence electrons. The molecular formula is C24H30N2O12. The number of hydrogen-bond donors (Lipinski definition) is 2. The smallest absolute Gasteiger partial charge is 0.338 e. The molecule has 0 spiro atoms. The lowest BCUT2D eigenvalue weighted by atomic mass is 9.97. The van der Waals surface area contributed by atoms with Crippen LogP contribution in [0.15, 0.2) is 24.3 Å². The first-order valence-electron chi connectivity index (χ1n) is 11.6. The summed E-state index contributed by atoms with van der Waals surface area (Å²) >= 11 is 0. The van der Waals surface area contributed by atoms with Crippen molar-refractivity contribution in [1.82, 2.24) is 5.32 Å². The second-order valence-electron chi connectivity index (χ2n) is 8.02. The van der Waals surface area contributed by atoms with Crippen molar-refractivity contribution in [2.45, 2.75) is 65.3 Å². The summed E-state index contributed by atoms with van der Waals surface area (Å²) in [5, 5.41) is 4.99. The molecule has 1 saturated heterocycles. The Morgan fingerprint density at radius 1 is 0.763 bits per heavy atom. The van der Waals surface area contributed by atoms with Gasteiger partial charge in [0, 0.05) is 33.4 Å². The van der Waals surface area contributed by atoms with Gasteiger partial charge < -0.3 is 39.1 Å². The zero-order valence-corrected chi connectivity index (χ0v) is 21.5. The standard InChI is InChI=1S/C24H30N2O12/c1-6-33-23(31)16-7-9-17(10-8-16)25-24(32)26-22-21(37-15(5)30)20(36-14(4)29)19(35-13(3)28)18(38-22)11-34-12(2)27/h7-10,18-22H,6,11H2,1-5H3,(H2,25,26,32). The van der Waals surface area contributed by atoms with E-state index in [9.17, 15) is 28.8 Å². The van der Waals surface area contributed by atoms with Crippen LogP contribution in [-0.4, -0.2) is 79.7 Å². The third-order valence-corrected chi connectivity index (χ3v) is 4.92. The van der Waals surface area contributed by atoms with Crippen LogP contribution in [0.5, 0.6) is 0 Å². The number of rotatable bonds is 9. The Labute approximate surface area is 218 Å². The monoisotopic (exact) mass is 538 g/mol. The van der Waals surface area contributed by atoms with Crippen LogP contribution in [0, 0.1) is 0 Å². The van der Waals surface area contributed by atoms with Gasteiger partial charge >= 0.3 is 35.9 Å². The molecule has 0 bridgehead atoms. The molecule has 0 radical (unpaired) electrons. The number of carbonyl (C=O) groups is 6. The minimum absolute atomic E-state index is 0.206. The number of ether oxygens (including phenoxy) is 6. The first-order chi connectivity index (χ1) is 17.9. The predicted molar refractivity (Wildman–Crippen MR) is 127 cm³/mol. The minimum Gasteiger partial charge on any atom is -0.463 e. The molecule has 1 heterocycles. The third-order valence-electron chi connectivity index (χ3n) is 4.92. The maximum Gasteiger partial charge on any atom is 0.338 e. The number of anilines is 1. The summed E-state index contributed by atoms with van der Waals surface area (Å²) in [7, 11) is 0. The molecule has 0 saturated carbocycles. The molecule has 38 heavy (non-hydrogen) atoms. The van der Waals surface area contributed by atoms with Crippen molar-refractivity contribution in [2.75, 3.05) is 18.5 Å². The van der Waals surface area contributed by atoms with Gasteiger partial charge in [0.15, 0.2) is 24.5 Å². The lowest BCUT2D eigenvalue weighted by molar-refractivity contribution is -0.255. The number of hydrogen-bond acceptors (Lipinski definition) is 12. The summed E-state index contributed by atoms with van der Waals surface area (Å²) < 4.78 is 31.6. The molecule has 1 aromatic carbocycles. The number of esters is 5. The lowest BCUT2D eigenvalue weighted by Crippen LogP contribution is -2.66. The zero-order valence-electron chi connectivity index (χ0n) is 21.5. The van der Waals surface area contributed by atoms with Gasteiger partial charge in [-0.15, -0.1) is 0 Å². The molecule has 0 aromatic heterocycles. The van der Waals surface area contributed by atoms with E-state index in [1.165, 1.54) is 24.3 Å². The molecule has 14 nitrogen and oxygen atoms in total. The first kappa shape index (κ1) is 30.0. The molecule has 1 aliphatic heterocycles. The molecule has 5 atom stereocenters. The Balaban J connectivity index is 2.30. The minimum atomic E-state index is -1.45. The normalized spacial score (nSPS) is 22.3. The largest absolute Gasteiger partial charge is 0.463 e.